The molecule has 0 bridgehead atoms. The van der Waals surface area contributed by atoms with Crippen LogP contribution in [-0.2, 0) is 21.3 Å². The molecule has 6 nitrogen and oxygen atoms in total. The summed E-state index contributed by atoms with van der Waals surface area (Å²) in [5, 5.41) is 7.15. The largest absolute Gasteiger partial charge is 0.306 e. The van der Waals surface area contributed by atoms with Crippen LogP contribution in [0.1, 0.15) is 34.1 Å². The molecule has 0 spiro atoms. The van der Waals surface area contributed by atoms with Crippen LogP contribution in [0.15, 0.2) is 18.2 Å². The van der Waals surface area contributed by atoms with E-state index in [1.807, 2.05) is 0 Å². The quantitative estimate of drug-likeness (QED) is 0.858. The Morgan fingerprint density at radius 1 is 1.31 bits per heavy atom. The monoisotopic (exact) mass is 399 g/mol. The normalized spacial score (nSPS) is 20.9. The number of thioether (sulfide) groups is 1. The van der Waals surface area contributed by atoms with Crippen LogP contribution in [0, 0.1) is 11.6 Å². The number of benzene rings is 1. The summed E-state index contributed by atoms with van der Waals surface area (Å²) in [6.45, 7) is 0. The number of sulfone groups is 1. The molecule has 0 radical (unpaired) electrons. The lowest BCUT2D eigenvalue weighted by Crippen LogP contribution is -2.21. The van der Waals surface area contributed by atoms with Crippen molar-refractivity contribution in [2.24, 2.45) is 0 Å². The summed E-state index contributed by atoms with van der Waals surface area (Å²) in [5.41, 5.74) is 1.35. The van der Waals surface area contributed by atoms with Crippen LogP contribution in [0.3, 0.4) is 0 Å². The second-order valence-electron chi connectivity index (χ2n) is 6.35. The van der Waals surface area contributed by atoms with Crippen LogP contribution in [0.2, 0.25) is 0 Å². The van der Waals surface area contributed by atoms with Crippen molar-refractivity contribution >= 4 is 33.3 Å². The van der Waals surface area contributed by atoms with Gasteiger partial charge >= 0.3 is 0 Å². The highest BCUT2D eigenvalue weighted by Crippen LogP contribution is 2.38. The SMILES string of the molecule is O=C(Nc1c2c(nn1C1CCS(=O)(=O)C1)CSC2)c1ccc(F)cc1F. The first-order valence-corrected chi connectivity index (χ1v) is 11.0. The number of nitrogens with zero attached hydrogens (tertiary/aromatic N) is 2. The third-order valence-corrected chi connectivity index (χ3v) is 7.26. The molecule has 26 heavy (non-hydrogen) atoms. The van der Waals surface area contributed by atoms with Gasteiger partial charge in [0.05, 0.1) is 28.8 Å². The lowest BCUT2D eigenvalue weighted by atomic mass is 10.2. The number of aromatic nitrogens is 2. The third-order valence-electron chi connectivity index (χ3n) is 4.54. The number of hydrogen-bond donors (Lipinski definition) is 1. The van der Waals surface area contributed by atoms with Gasteiger partial charge in [-0.15, -0.1) is 0 Å². The molecule has 1 atom stereocenters. The number of fused-ring (bicyclic) bond motifs is 1. The minimum Gasteiger partial charge on any atom is -0.306 e. The zero-order valence-electron chi connectivity index (χ0n) is 13.5. The van der Waals surface area contributed by atoms with E-state index >= 15 is 0 Å². The molecule has 2 aliphatic rings. The van der Waals surface area contributed by atoms with Gasteiger partial charge in [-0.3, -0.25) is 4.79 Å². The maximum Gasteiger partial charge on any atom is 0.259 e. The average Bonchev–Trinajstić information content (AvgIpc) is 3.23. The first-order valence-electron chi connectivity index (χ1n) is 7.99. The van der Waals surface area contributed by atoms with Crippen molar-refractivity contribution in [2.45, 2.75) is 24.0 Å². The maximum atomic E-state index is 13.9. The van der Waals surface area contributed by atoms with Crippen molar-refractivity contribution in [1.29, 1.82) is 0 Å². The van der Waals surface area contributed by atoms with E-state index in [-0.39, 0.29) is 23.1 Å². The molecule has 1 aromatic heterocycles. The summed E-state index contributed by atoms with van der Waals surface area (Å²) < 4.78 is 52.1. The van der Waals surface area contributed by atoms with Crippen LogP contribution < -0.4 is 5.32 Å². The van der Waals surface area contributed by atoms with Gasteiger partial charge in [0, 0.05) is 23.1 Å². The summed E-state index contributed by atoms with van der Waals surface area (Å²) in [5.74, 6) is -0.678. The van der Waals surface area contributed by atoms with Gasteiger partial charge in [-0.25, -0.2) is 21.9 Å². The van der Waals surface area contributed by atoms with E-state index < -0.39 is 27.4 Å². The molecule has 1 saturated heterocycles. The third kappa shape index (κ3) is 3.11. The lowest BCUT2D eigenvalue weighted by Gasteiger charge is -2.15. The molecule has 0 aliphatic carbocycles. The Bertz CT molecular complexity index is 1000. The van der Waals surface area contributed by atoms with E-state index in [1.54, 1.807) is 16.4 Å². The molecule has 10 heteroatoms. The Balaban J connectivity index is 1.68. The van der Waals surface area contributed by atoms with E-state index in [2.05, 4.69) is 10.4 Å². The first kappa shape index (κ1) is 17.5. The van der Waals surface area contributed by atoms with Crippen LogP contribution in [0.25, 0.3) is 0 Å². The zero-order chi connectivity index (χ0) is 18.5. The van der Waals surface area contributed by atoms with Crippen LogP contribution in [0.4, 0.5) is 14.6 Å². The van der Waals surface area contributed by atoms with Gasteiger partial charge in [-0.1, -0.05) is 0 Å². The van der Waals surface area contributed by atoms with E-state index in [9.17, 15) is 22.0 Å². The molecule has 3 heterocycles. The fourth-order valence-electron chi connectivity index (χ4n) is 3.25. The zero-order valence-corrected chi connectivity index (χ0v) is 15.2. The van der Waals surface area contributed by atoms with E-state index in [1.165, 1.54) is 0 Å². The molecule has 2 aliphatic heterocycles. The fourth-order valence-corrected chi connectivity index (χ4v) is 5.97. The van der Waals surface area contributed by atoms with Gasteiger partial charge < -0.3 is 5.32 Å². The van der Waals surface area contributed by atoms with Crippen molar-refractivity contribution in [3.8, 4) is 0 Å². The van der Waals surface area contributed by atoms with Crippen LogP contribution in [-0.4, -0.2) is 35.6 Å². The summed E-state index contributed by atoms with van der Waals surface area (Å²) in [7, 11) is -3.13. The Morgan fingerprint density at radius 2 is 2.12 bits per heavy atom. The molecule has 138 valence electrons. The number of anilines is 1. The molecule has 1 aromatic carbocycles. The number of nitrogens with one attached hydrogen (secondary N) is 1. The van der Waals surface area contributed by atoms with Crippen molar-refractivity contribution in [3.05, 3.63) is 46.7 Å². The summed E-state index contributed by atoms with van der Waals surface area (Å²) in [6.07, 6.45) is 0.420. The number of carbonyl (C=O) groups excluding carboxylic acids is 1. The Labute approximate surface area is 152 Å². The molecular formula is C16H15F2N3O3S2. The molecule has 4 rings (SSSR count). The van der Waals surface area contributed by atoms with Gasteiger partial charge in [-0.05, 0) is 18.6 Å². The smallest absolute Gasteiger partial charge is 0.259 e. The van der Waals surface area contributed by atoms with E-state index in [0.717, 1.165) is 23.4 Å². The highest BCUT2D eigenvalue weighted by atomic mass is 32.2. The molecule has 0 saturated carbocycles. The predicted octanol–water partition coefficient (Wildman–Crippen LogP) is 2.52. The Kier molecular flexibility index (Phi) is 4.26. The Hall–Kier alpha value is -1.94. The van der Waals surface area contributed by atoms with Crippen molar-refractivity contribution in [1.82, 2.24) is 9.78 Å². The predicted molar refractivity (Wildman–Crippen MR) is 93.8 cm³/mol. The topological polar surface area (TPSA) is 81.1 Å². The standard InChI is InChI=1S/C16H15F2N3O3S2/c17-9-1-2-11(13(18)5-9)16(22)19-15-12-6-25-7-14(12)20-21(15)10-3-4-26(23,24)8-10/h1-2,5,10H,3-4,6-8H2,(H,19,22). The summed E-state index contributed by atoms with van der Waals surface area (Å²) >= 11 is 1.63. The molecule has 2 aromatic rings. The average molecular weight is 399 g/mol. The fraction of sp³-hybridized carbons (Fsp3) is 0.375. The highest BCUT2D eigenvalue weighted by molar-refractivity contribution is 7.98. The summed E-state index contributed by atoms with van der Waals surface area (Å²) in [4.78, 5) is 12.5. The van der Waals surface area contributed by atoms with E-state index in [0.29, 0.717) is 29.8 Å². The minimum absolute atomic E-state index is 0.0333. The lowest BCUT2D eigenvalue weighted by molar-refractivity contribution is 0.102. The second kappa shape index (κ2) is 6.34. The van der Waals surface area contributed by atoms with Gasteiger partial charge in [0.1, 0.15) is 17.5 Å². The number of carbonyl (C=O) groups is 1. The molecule has 1 N–H and O–H groups in total. The van der Waals surface area contributed by atoms with Gasteiger partial charge in [0.25, 0.3) is 5.91 Å². The highest BCUT2D eigenvalue weighted by Gasteiger charge is 2.34. The maximum absolute atomic E-state index is 13.9. The van der Waals surface area contributed by atoms with E-state index in [4.69, 9.17) is 0 Å². The number of hydrogen-bond acceptors (Lipinski definition) is 5. The van der Waals surface area contributed by atoms with Gasteiger partial charge in [-0.2, -0.15) is 16.9 Å². The van der Waals surface area contributed by atoms with Gasteiger partial charge in [0.2, 0.25) is 0 Å². The molecule has 1 amide bonds. The minimum atomic E-state index is -3.13. The van der Waals surface area contributed by atoms with Crippen molar-refractivity contribution < 1.29 is 22.0 Å². The van der Waals surface area contributed by atoms with Crippen molar-refractivity contribution in [3.63, 3.8) is 0 Å². The summed E-state index contributed by atoms with van der Waals surface area (Å²) in [6, 6.07) is 2.38. The van der Waals surface area contributed by atoms with Gasteiger partial charge in [0.15, 0.2) is 9.84 Å². The van der Waals surface area contributed by atoms with Crippen LogP contribution >= 0.6 is 11.8 Å². The van der Waals surface area contributed by atoms with Crippen LogP contribution in [0.5, 0.6) is 0 Å². The molecule has 1 fully saturated rings. The van der Waals surface area contributed by atoms with Crippen molar-refractivity contribution in [2.75, 3.05) is 16.8 Å². The number of halogens is 2. The molecule has 1 unspecified atom stereocenters. The molecular weight excluding hydrogens is 384 g/mol. The number of amides is 1. The second-order valence-corrected chi connectivity index (χ2v) is 9.56. The Morgan fingerprint density at radius 3 is 2.81 bits per heavy atom. The number of rotatable bonds is 3. The first-order chi connectivity index (χ1) is 12.3.